The van der Waals surface area contributed by atoms with Gasteiger partial charge < -0.3 is 15.4 Å². The van der Waals surface area contributed by atoms with Gasteiger partial charge in [0.25, 0.3) is 5.91 Å². The molecule has 0 saturated carbocycles. The molecule has 1 heterocycles. The standard InChI is InChI=1S/C16H24N2O2.ClH/c1-12-5-6-14(10-15(12)20-2)16(19)18-9-7-13-4-3-8-17-11-13;/h5-6,10,13,17H,3-4,7-9,11H2,1-2H3,(H,18,19);1H. The van der Waals surface area contributed by atoms with E-state index in [4.69, 9.17) is 4.74 Å². The van der Waals surface area contributed by atoms with Crippen LogP contribution in [0.15, 0.2) is 18.2 Å². The summed E-state index contributed by atoms with van der Waals surface area (Å²) in [5.41, 5.74) is 1.70. The van der Waals surface area contributed by atoms with E-state index in [0.29, 0.717) is 11.5 Å². The van der Waals surface area contributed by atoms with Crippen molar-refractivity contribution in [1.29, 1.82) is 0 Å². The molecule has 4 nitrogen and oxygen atoms in total. The molecule has 1 aromatic carbocycles. The van der Waals surface area contributed by atoms with Crippen molar-refractivity contribution in [3.05, 3.63) is 29.3 Å². The van der Waals surface area contributed by atoms with Crippen molar-refractivity contribution in [3.8, 4) is 5.75 Å². The molecule has 1 aliphatic rings. The van der Waals surface area contributed by atoms with Gasteiger partial charge >= 0.3 is 0 Å². The molecule has 1 fully saturated rings. The molecule has 5 heteroatoms. The Kier molecular flexibility index (Phi) is 7.54. The Balaban J connectivity index is 0.00000220. The second-order valence-electron chi connectivity index (χ2n) is 5.44. The number of methoxy groups -OCH3 is 1. The number of halogens is 1. The summed E-state index contributed by atoms with van der Waals surface area (Å²) in [6, 6.07) is 5.56. The topological polar surface area (TPSA) is 50.4 Å². The lowest BCUT2D eigenvalue weighted by Crippen LogP contribution is -2.33. The van der Waals surface area contributed by atoms with Gasteiger partial charge in [-0.1, -0.05) is 6.07 Å². The number of nitrogens with one attached hydrogen (secondary N) is 2. The second-order valence-corrected chi connectivity index (χ2v) is 5.44. The molecule has 2 rings (SSSR count). The fourth-order valence-corrected chi connectivity index (χ4v) is 2.62. The van der Waals surface area contributed by atoms with Crippen LogP contribution in [0.2, 0.25) is 0 Å². The Morgan fingerprint density at radius 3 is 2.95 bits per heavy atom. The van der Waals surface area contributed by atoms with Crippen LogP contribution in [-0.2, 0) is 0 Å². The zero-order valence-corrected chi connectivity index (χ0v) is 13.6. The first-order chi connectivity index (χ1) is 9.70. The monoisotopic (exact) mass is 312 g/mol. The van der Waals surface area contributed by atoms with Crippen LogP contribution in [0.3, 0.4) is 0 Å². The van der Waals surface area contributed by atoms with Gasteiger partial charge in [0.2, 0.25) is 0 Å². The van der Waals surface area contributed by atoms with Crippen molar-refractivity contribution in [1.82, 2.24) is 10.6 Å². The van der Waals surface area contributed by atoms with Crippen LogP contribution in [0, 0.1) is 12.8 Å². The summed E-state index contributed by atoms with van der Waals surface area (Å²) < 4.78 is 5.25. The second kappa shape index (κ2) is 8.90. The number of carbonyl (C=O) groups is 1. The number of piperidine rings is 1. The van der Waals surface area contributed by atoms with Gasteiger partial charge in [0.1, 0.15) is 5.75 Å². The Bertz CT molecular complexity index is 460. The number of hydrogen-bond acceptors (Lipinski definition) is 3. The van der Waals surface area contributed by atoms with Crippen LogP contribution >= 0.6 is 12.4 Å². The predicted octanol–water partition coefficient (Wildman–Crippen LogP) is 2.54. The zero-order chi connectivity index (χ0) is 14.4. The molecule has 2 N–H and O–H groups in total. The lowest BCUT2D eigenvalue weighted by Gasteiger charge is -2.22. The van der Waals surface area contributed by atoms with Crippen molar-refractivity contribution >= 4 is 18.3 Å². The van der Waals surface area contributed by atoms with E-state index in [9.17, 15) is 4.79 Å². The molecule has 0 aliphatic carbocycles. The number of rotatable bonds is 5. The maximum absolute atomic E-state index is 12.1. The SMILES string of the molecule is COc1cc(C(=O)NCCC2CCCNC2)ccc1C.Cl. The van der Waals surface area contributed by atoms with Crippen LogP contribution in [0.1, 0.15) is 35.2 Å². The molecular weight excluding hydrogens is 288 g/mol. The molecule has 1 unspecified atom stereocenters. The molecule has 0 radical (unpaired) electrons. The van der Waals surface area contributed by atoms with E-state index >= 15 is 0 Å². The summed E-state index contributed by atoms with van der Waals surface area (Å²) in [7, 11) is 1.63. The Hall–Kier alpha value is -1.26. The molecule has 1 aromatic rings. The highest BCUT2D eigenvalue weighted by molar-refractivity contribution is 5.94. The van der Waals surface area contributed by atoms with Gasteiger partial charge in [0.05, 0.1) is 7.11 Å². The van der Waals surface area contributed by atoms with Gasteiger partial charge in [-0.2, -0.15) is 0 Å². The summed E-state index contributed by atoms with van der Waals surface area (Å²) in [5.74, 6) is 1.43. The van der Waals surface area contributed by atoms with Gasteiger partial charge in [0, 0.05) is 12.1 Å². The van der Waals surface area contributed by atoms with Gasteiger partial charge in [-0.15, -0.1) is 12.4 Å². The average Bonchev–Trinajstić information content (AvgIpc) is 2.48. The minimum absolute atomic E-state index is 0. The minimum atomic E-state index is -0.0212. The highest BCUT2D eigenvalue weighted by Gasteiger charge is 2.13. The summed E-state index contributed by atoms with van der Waals surface area (Å²) in [4.78, 5) is 12.1. The predicted molar refractivity (Wildman–Crippen MR) is 87.5 cm³/mol. The molecule has 1 amide bonds. The van der Waals surface area contributed by atoms with Crippen LogP contribution in [0.25, 0.3) is 0 Å². The minimum Gasteiger partial charge on any atom is -0.496 e. The molecule has 1 saturated heterocycles. The highest BCUT2D eigenvalue weighted by atomic mass is 35.5. The maximum Gasteiger partial charge on any atom is 0.251 e. The Labute approximate surface area is 133 Å². The fourth-order valence-electron chi connectivity index (χ4n) is 2.62. The summed E-state index contributed by atoms with van der Waals surface area (Å²) in [5, 5.41) is 6.39. The molecule has 118 valence electrons. The maximum atomic E-state index is 12.1. The van der Waals surface area contributed by atoms with E-state index < -0.39 is 0 Å². The van der Waals surface area contributed by atoms with Crippen molar-refractivity contribution in [3.63, 3.8) is 0 Å². The van der Waals surface area contributed by atoms with E-state index in [1.807, 2.05) is 19.1 Å². The van der Waals surface area contributed by atoms with E-state index in [2.05, 4.69) is 10.6 Å². The lowest BCUT2D eigenvalue weighted by molar-refractivity contribution is 0.0950. The molecule has 0 bridgehead atoms. The Morgan fingerprint density at radius 2 is 2.29 bits per heavy atom. The quantitative estimate of drug-likeness (QED) is 0.878. The summed E-state index contributed by atoms with van der Waals surface area (Å²) in [6.45, 7) is 4.91. The smallest absolute Gasteiger partial charge is 0.251 e. The van der Waals surface area contributed by atoms with E-state index in [1.165, 1.54) is 12.8 Å². The van der Waals surface area contributed by atoms with E-state index in [-0.39, 0.29) is 18.3 Å². The first kappa shape index (κ1) is 17.8. The van der Waals surface area contributed by atoms with E-state index in [0.717, 1.165) is 37.4 Å². The first-order valence-corrected chi connectivity index (χ1v) is 7.34. The molecular formula is C16H25ClN2O2. The normalized spacial score (nSPS) is 17.7. The molecule has 1 atom stereocenters. The number of hydrogen-bond donors (Lipinski definition) is 2. The third kappa shape index (κ3) is 5.21. The average molecular weight is 313 g/mol. The third-order valence-electron chi connectivity index (χ3n) is 3.91. The summed E-state index contributed by atoms with van der Waals surface area (Å²) >= 11 is 0. The number of carbonyl (C=O) groups excluding carboxylic acids is 1. The number of amides is 1. The fraction of sp³-hybridized carbons (Fsp3) is 0.562. The van der Waals surface area contributed by atoms with Gasteiger partial charge in [-0.05, 0) is 62.9 Å². The van der Waals surface area contributed by atoms with Crippen molar-refractivity contribution < 1.29 is 9.53 Å². The van der Waals surface area contributed by atoms with Crippen LogP contribution in [0.4, 0.5) is 0 Å². The zero-order valence-electron chi connectivity index (χ0n) is 12.8. The van der Waals surface area contributed by atoms with Crippen LogP contribution in [0.5, 0.6) is 5.75 Å². The largest absolute Gasteiger partial charge is 0.496 e. The van der Waals surface area contributed by atoms with Crippen LogP contribution < -0.4 is 15.4 Å². The number of aryl methyl sites for hydroxylation is 1. The van der Waals surface area contributed by atoms with Crippen LogP contribution in [-0.4, -0.2) is 32.7 Å². The highest BCUT2D eigenvalue weighted by Crippen LogP contribution is 2.19. The van der Waals surface area contributed by atoms with Gasteiger partial charge in [-0.3, -0.25) is 4.79 Å². The van der Waals surface area contributed by atoms with Crippen molar-refractivity contribution in [2.24, 2.45) is 5.92 Å². The number of ether oxygens (including phenoxy) is 1. The molecule has 1 aliphatic heterocycles. The number of benzene rings is 1. The first-order valence-electron chi connectivity index (χ1n) is 7.34. The summed E-state index contributed by atoms with van der Waals surface area (Å²) in [6.07, 6.45) is 3.55. The third-order valence-corrected chi connectivity index (χ3v) is 3.91. The van der Waals surface area contributed by atoms with Gasteiger partial charge in [0.15, 0.2) is 0 Å². The molecule has 0 aromatic heterocycles. The van der Waals surface area contributed by atoms with E-state index in [1.54, 1.807) is 13.2 Å². The van der Waals surface area contributed by atoms with Crippen molar-refractivity contribution in [2.75, 3.05) is 26.7 Å². The molecule has 21 heavy (non-hydrogen) atoms. The van der Waals surface area contributed by atoms with Crippen molar-refractivity contribution in [2.45, 2.75) is 26.2 Å². The molecule has 0 spiro atoms. The Morgan fingerprint density at radius 1 is 1.48 bits per heavy atom. The van der Waals surface area contributed by atoms with Gasteiger partial charge in [-0.25, -0.2) is 0 Å². The lowest BCUT2D eigenvalue weighted by atomic mass is 9.96.